The van der Waals surface area contributed by atoms with Crippen LogP contribution in [0.1, 0.15) is 49.2 Å². The van der Waals surface area contributed by atoms with Crippen LogP contribution in [0.2, 0.25) is 0 Å². The van der Waals surface area contributed by atoms with E-state index in [9.17, 15) is 27.9 Å². The maximum Gasteiger partial charge on any atom is 0.424 e. The number of aliphatic hydroxyl groups is 1. The predicted molar refractivity (Wildman–Crippen MR) is 87.4 cm³/mol. The average molecular weight is 394 g/mol. The minimum absolute atomic E-state index is 0.284. The lowest BCUT2D eigenvalue weighted by atomic mass is 9.81. The van der Waals surface area contributed by atoms with Crippen molar-refractivity contribution in [3.05, 3.63) is 16.1 Å². The minimum atomic E-state index is -5.10. The quantitative estimate of drug-likeness (QED) is 0.750. The number of ether oxygens (including phenoxy) is 1. The molecule has 1 fully saturated rings. The number of alkyl halides is 3. The Labute approximate surface area is 152 Å². The first-order valence-electron chi connectivity index (χ1n) is 8.15. The summed E-state index contributed by atoms with van der Waals surface area (Å²) in [5, 5.41) is 13.4. The van der Waals surface area contributed by atoms with Crippen molar-refractivity contribution >= 4 is 23.2 Å². The molecule has 1 aliphatic rings. The summed E-state index contributed by atoms with van der Waals surface area (Å²) in [4.78, 5) is 28.2. The summed E-state index contributed by atoms with van der Waals surface area (Å²) >= 11 is 0.629. The van der Waals surface area contributed by atoms with Crippen LogP contribution < -0.4 is 5.32 Å². The monoisotopic (exact) mass is 394 g/mol. The number of nitrogens with one attached hydrogen (secondary N) is 1. The van der Waals surface area contributed by atoms with E-state index in [1.165, 1.54) is 12.3 Å². The van der Waals surface area contributed by atoms with Crippen LogP contribution in [0, 0.1) is 6.92 Å². The number of rotatable bonds is 5. The number of carbonyl (C=O) groups is 2. The van der Waals surface area contributed by atoms with Gasteiger partial charge in [0.2, 0.25) is 11.5 Å². The number of amides is 1. The molecule has 2 N–H and O–H groups in total. The van der Waals surface area contributed by atoms with E-state index in [0.29, 0.717) is 29.9 Å². The van der Waals surface area contributed by atoms with E-state index in [2.05, 4.69) is 10.3 Å². The molecular formula is C16H21F3N2O4S. The minimum Gasteiger partial charge on any atom is -0.467 e. The molecule has 0 aliphatic heterocycles. The van der Waals surface area contributed by atoms with Crippen molar-refractivity contribution in [2.45, 2.75) is 62.8 Å². The molecule has 1 aromatic rings. The van der Waals surface area contributed by atoms with Crippen LogP contribution in [-0.2, 0) is 19.9 Å². The van der Waals surface area contributed by atoms with Crippen molar-refractivity contribution in [2.24, 2.45) is 0 Å². The topological polar surface area (TPSA) is 88.5 Å². The molecule has 2 rings (SSSR count). The SMILES string of the molecule is COC(=O)C1(NC(=O)CC(O)(c2nc(C)cs2)C(F)(F)F)CCCCC1. The van der Waals surface area contributed by atoms with Gasteiger partial charge in [0, 0.05) is 11.1 Å². The van der Waals surface area contributed by atoms with Crippen molar-refractivity contribution < 1.29 is 32.6 Å². The summed E-state index contributed by atoms with van der Waals surface area (Å²) in [5.41, 5.74) is -4.46. The van der Waals surface area contributed by atoms with Gasteiger partial charge in [-0.15, -0.1) is 11.3 Å². The molecule has 26 heavy (non-hydrogen) atoms. The van der Waals surface area contributed by atoms with E-state index in [1.54, 1.807) is 0 Å². The van der Waals surface area contributed by atoms with E-state index in [0.717, 1.165) is 13.5 Å². The second kappa shape index (κ2) is 7.51. The van der Waals surface area contributed by atoms with Gasteiger partial charge in [-0.2, -0.15) is 13.2 Å². The van der Waals surface area contributed by atoms with Crippen LogP contribution >= 0.6 is 11.3 Å². The fraction of sp³-hybridized carbons (Fsp3) is 0.688. The van der Waals surface area contributed by atoms with E-state index in [4.69, 9.17) is 4.74 Å². The third-order valence-electron chi connectivity index (χ3n) is 4.52. The highest BCUT2D eigenvalue weighted by Gasteiger charge is 2.58. The van der Waals surface area contributed by atoms with Crippen LogP contribution in [0.15, 0.2) is 5.38 Å². The largest absolute Gasteiger partial charge is 0.467 e. The number of methoxy groups -OCH3 is 1. The van der Waals surface area contributed by atoms with Gasteiger partial charge in [-0.25, -0.2) is 9.78 Å². The third-order valence-corrected chi connectivity index (χ3v) is 5.63. The molecule has 10 heteroatoms. The number of hydrogen-bond donors (Lipinski definition) is 2. The molecule has 1 atom stereocenters. The molecule has 0 spiro atoms. The van der Waals surface area contributed by atoms with E-state index in [-0.39, 0.29) is 12.8 Å². The van der Waals surface area contributed by atoms with E-state index < -0.39 is 40.6 Å². The number of hydrogen-bond acceptors (Lipinski definition) is 6. The van der Waals surface area contributed by atoms with Crippen molar-refractivity contribution in [3.63, 3.8) is 0 Å². The number of thiazole rings is 1. The molecule has 0 bridgehead atoms. The normalized spacial score (nSPS) is 19.5. The van der Waals surface area contributed by atoms with Gasteiger partial charge in [-0.3, -0.25) is 4.79 Å². The molecule has 0 radical (unpaired) electrons. The molecule has 0 saturated heterocycles. The molecule has 6 nitrogen and oxygen atoms in total. The third kappa shape index (κ3) is 4.01. The Balaban J connectivity index is 2.25. The zero-order chi connectivity index (χ0) is 19.6. The summed E-state index contributed by atoms with van der Waals surface area (Å²) in [5.74, 6) is -1.77. The van der Waals surface area contributed by atoms with Gasteiger partial charge in [-0.05, 0) is 19.8 Å². The van der Waals surface area contributed by atoms with E-state index >= 15 is 0 Å². The van der Waals surface area contributed by atoms with Crippen LogP contribution in [0.5, 0.6) is 0 Å². The van der Waals surface area contributed by atoms with Gasteiger partial charge >= 0.3 is 12.1 Å². The number of esters is 1. The number of halogens is 3. The van der Waals surface area contributed by atoms with E-state index in [1.807, 2.05) is 0 Å². The van der Waals surface area contributed by atoms with Crippen LogP contribution in [0.25, 0.3) is 0 Å². The Kier molecular flexibility index (Phi) is 5.96. The highest BCUT2D eigenvalue weighted by molar-refractivity contribution is 7.09. The summed E-state index contributed by atoms with van der Waals surface area (Å²) in [6.07, 6.45) is -3.66. The molecule has 1 aromatic heterocycles. The molecule has 1 unspecified atom stereocenters. The van der Waals surface area contributed by atoms with Crippen molar-refractivity contribution in [2.75, 3.05) is 7.11 Å². The Bertz CT molecular complexity index is 671. The van der Waals surface area contributed by atoms with Gasteiger partial charge in [0.05, 0.1) is 13.5 Å². The van der Waals surface area contributed by atoms with Crippen molar-refractivity contribution in [3.8, 4) is 0 Å². The number of aromatic nitrogens is 1. The molecule has 146 valence electrons. The Morgan fingerprint density at radius 3 is 2.42 bits per heavy atom. The lowest BCUT2D eigenvalue weighted by molar-refractivity contribution is -0.267. The Hall–Kier alpha value is -1.68. The average Bonchev–Trinajstić information content (AvgIpc) is 3.00. The molecule has 1 heterocycles. The standard InChI is InChI=1S/C16H21F3N2O4S/c1-10-9-26-12(20-10)15(24,16(17,18)19)8-11(22)21-14(13(23)25-2)6-4-3-5-7-14/h9,24H,3-8H2,1-2H3,(H,21,22). The molecule has 0 aromatic carbocycles. The predicted octanol–water partition coefficient (Wildman–Crippen LogP) is 2.58. The van der Waals surface area contributed by atoms with Gasteiger partial charge in [0.15, 0.2) is 0 Å². The second-order valence-corrected chi connectivity index (χ2v) is 7.37. The molecule has 1 aliphatic carbocycles. The highest BCUT2D eigenvalue weighted by Crippen LogP contribution is 2.43. The first kappa shape index (κ1) is 20.6. The number of nitrogens with zero attached hydrogens (tertiary/aromatic N) is 1. The lowest BCUT2D eigenvalue weighted by Gasteiger charge is -2.36. The fourth-order valence-electron chi connectivity index (χ4n) is 3.12. The van der Waals surface area contributed by atoms with Crippen LogP contribution in [0.3, 0.4) is 0 Å². The molecule has 1 amide bonds. The summed E-state index contributed by atoms with van der Waals surface area (Å²) in [6.45, 7) is 1.49. The van der Waals surface area contributed by atoms with Crippen molar-refractivity contribution in [1.29, 1.82) is 0 Å². The first-order valence-corrected chi connectivity index (χ1v) is 9.03. The number of aryl methyl sites for hydroxylation is 1. The van der Waals surface area contributed by atoms with Gasteiger partial charge in [0.25, 0.3) is 0 Å². The number of carbonyl (C=O) groups excluding carboxylic acids is 2. The van der Waals surface area contributed by atoms with Gasteiger partial charge in [-0.1, -0.05) is 19.3 Å². The van der Waals surface area contributed by atoms with Crippen LogP contribution in [-0.4, -0.2) is 40.8 Å². The fourth-order valence-corrected chi connectivity index (χ4v) is 4.03. The zero-order valence-corrected chi connectivity index (χ0v) is 15.3. The summed E-state index contributed by atoms with van der Waals surface area (Å²) in [6, 6.07) is 0. The molecule has 1 saturated carbocycles. The summed E-state index contributed by atoms with van der Waals surface area (Å²) in [7, 11) is 1.16. The maximum absolute atomic E-state index is 13.5. The van der Waals surface area contributed by atoms with Gasteiger partial charge < -0.3 is 15.2 Å². The first-order chi connectivity index (χ1) is 12.0. The smallest absolute Gasteiger partial charge is 0.424 e. The van der Waals surface area contributed by atoms with Crippen LogP contribution in [0.4, 0.5) is 13.2 Å². The molecular weight excluding hydrogens is 373 g/mol. The Morgan fingerprint density at radius 2 is 1.96 bits per heavy atom. The zero-order valence-electron chi connectivity index (χ0n) is 14.5. The highest BCUT2D eigenvalue weighted by atomic mass is 32.1. The maximum atomic E-state index is 13.5. The van der Waals surface area contributed by atoms with Crippen molar-refractivity contribution in [1.82, 2.24) is 10.3 Å². The lowest BCUT2D eigenvalue weighted by Crippen LogP contribution is -2.58. The summed E-state index contributed by atoms with van der Waals surface area (Å²) < 4.78 is 45.2. The van der Waals surface area contributed by atoms with Gasteiger partial charge in [0.1, 0.15) is 10.5 Å². The Morgan fingerprint density at radius 1 is 1.35 bits per heavy atom. The second-order valence-electron chi connectivity index (χ2n) is 6.51.